The maximum Gasteiger partial charge on any atom is 0.239 e. The van der Waals surface area contributed by atoms with E-state index in [1.54, 1.807) is 24.0 Å². The van der Waals surface area contributed by atoms with Crippen LogP contribution in [-0.2, 0) is 4.79 Å². The van der Waals surface area contributed by atoms with E-state index in [9.17, 15) is 9.18 Å². The molecule has 1 saturated heterocycles. The Hall–Kier alpha value is -2.44. The van der Waals surface area contributed by atoms with Crippen LogP contribution in [0.2, 0.25) is 0 Å². The quantitative estimate of drug-likeness (QED) is 0.364. The Labute approximate surface area is 152 Å². The number of nitrogens with two attached hydrogens (primary N) is 1. The fraction of sp³-hybridized carbons (Fsp3) is 0.556. The first-order chi connectivity index (χ1) is 12.2. The second-order valence-corrected chi connectivity index (χ2v) is 7.43. The monoisotopic (exact) mass is 360 g/mol. The summed E-state index contributed by atoms with van der Waals surface area (Å²) < 4.78 is 13.8. The molecule has 1 aliphatic rings. The van der Waals surface area contributed by atoms with Gasteiger partial charge in [-0.15, -0.1) is 0 Å². The van der Waals surface area contributed by atoms with Crippen LogP contribution in [0.3, 0.4) is 0 Å². The molecule has 140 valence electrons. The molecule has 1 amide bonds. The molecule has 8 heteroatoms. The first-order valence-corrected chi connectivity index (χ1v) is 8.53. The molecule has 0 aromatic heterocycles. The first kappa shape index (κ1) is 19.9. The molecule has 2 rings (SSSR count). The number of amides is 1. The molecule has 2 N–H and O–H groups in total. The van der Waals surface area contributed by atoms with Crippen molar-refractivity contribution in [1.29, 1.82) is 0 Å². The van der Waals surface area contributed by atoms with E-state index in [0.717, 1.165) is 0 Å². The summed E-state index contributed by atoms with van der Waals surface area (Å²) in [5.41, 5.74) is 15.1. The number of likely N-dealkylation sites (tertiary alicyclic amines) is 1. The standard InChI is InChI=1S/C18H25FN6O/c1-11(20)17(26)25-15(18(2,3)10-22-4)9-14(23-24-21)16(25)12-6-5-7-13(19)8-12/h5-8,11,14-16H,4,9-10,20H2,1-3H3/t11-,14+,15-,16-/m1/s1. The molecule has 1 aromatic carbocycles. The zero-order valence-electron chi connectivity index (χ0n) is 15.3. The average molecular weight is 360 g/mol. The normalized spacial score (nSPS) is 24.0. The van der Waals surface area contributed by atoms with Crippen LogP contribution in [0.4, 0.5) is 4.39 Å². The van der Waals surface area contributed by atoms with Gasteiger partial charge in [0.1, 0.15) is 5.82 Å². The lowest BCUT2D eigenvalue weighted by atomic mass is 9.82. The van der Waals surface area contributed by atoms with Gasteiger partial charge < -0.3 is 15.6 Å². The van der Waals surface area contributed by atoms with Crippen LogP contribution in [0.25, 0.3) is 10.4 Å². The molecule has 1 aromatic rings. The molecular formula is C18H25FN6O. The molecule has 0 saturated carbocycles. The number of rotatable bonds is 6. The third kappa shape index (κ3) is 3.86. The Morgan fingerprint density at radius 2 is 2.27 bits per heavy atom. The van der Waals surface area contributed by atoms with Gasteiger partial charge in [0, 0.05) is 22.9 Å². The lowest BCUT2D eigenvalue weighted by Crippen LogP contribution is -2.51. The molecule has 26 heavy (non-hydrogen) atoms. The molecule has 7 nitrogen and oxygen atoms in total. The number of hydrogen-bond acceptors (Lipinski definition) is 4. The van der Waals surface area contributed by atoms with Crippen LogP contribution >= 0.6 is 0 Å². The van der Waals surface area contributed by atoms with Crippen molar-refractivity contribution in [2.45, 2.75) is 51.4 Å². The Bertz CT molecular complexity index is 728. The highest BCUT2D eigenvalue weighted by Gasteiger charge is 2.50. The maximum atomic E-state index is 13.8. The highest BCUT2D eigenvalue weighted by atomic mass is 19.1. The number of nitrogens with zero attached hydrogens (tertiary/aromatic N) is 5. The molecule has 0 aliphatic carbocycles. The summed E-state index contributed by atoms with van der Waals surface area (Å²) in [5.74, 6) is -0.678. The molecule has 0 spiro atoms. The number of aliphatic imine (C=N–C) groups is 1. The minimum absolute atomic E-state index is 0.267. The highest BCUT2D eigenvalue weighted by molar-refractivity contribution is 5.82. The van der Waals surface area contributed by atoms with Crippen molar-refractivity contribution < 1.29 is 9.18 Å². The summed E-state index contributed by atoms with van der Waals surface area (Å²) in [7, 11) is 0. The van der Waals surface area contributed by atoms with Gasteiger partial charge in [0.2, 0.25) is 5.91 Å². The molecule has 0 radical (unpaired) electrons. The van der Waals surface area contributed by atoms with Crippen molar-refractivity contribution in [2.24, 2.45) is 21.3 Å². The minimum Gasteiger partial charge on any atom is -0.330 e. The molecule has 1 aliphatic heterocycles. The molecule has 0 bridgehead atoms. The fourth-order valence-electron chi connectivity index (χ4n) is 3.72. The molecular weight excluding hydrogens is 335 g/mol. The minimum atomic E-state index is -0.731. The predicted octanol–water partition coefficient (Wildman–Crippen LogP) is 3.22. The Kier molecular flexibility index (Phi) is 6.00. The maximum absolute atomic E-state index is 13.8. The van der Waals surface area contributed by atoms with Crippen molar-refractivity contribution in [1.82, 2.24) is 4.90 Å². The molecule has 0 unspecified atom stereocenters. The smallest absolute Gasteiger partial charge is 0.239 e. The van der Waals surface area contributed by atoms with Gasteiger partial charge in [0.15, 0.2) is 0 Å². The lowest BCUT2D eigenvalue weighted by molar-refractivity contribution is -0.137. The predicted molar refractivity (Wildman–Crippen MR) is 99.2 cm³/mol. The number of halogens is 1. The van der Waals surface area contributed by atoms with Crippen molar-refractivity contribution >= 4 is 12.6 Å². The van der Waals surface area contributed by atoms with E-state index < -0.39 is 29.4 Å². The van der Waals surface area contributed by atoms with Crippen LogP contribution in [-0.4, -0.2) is 42.2 Å². The van der Waals surface area contributed by atoms with Crippen molar-refractivity contribution in [2.75, 3.05) is 6.54 Å². The zero-order valence-corrected chi connectivity index (χ0v) is 15.3. The summed E-state index contributed by atoms with van der Waals surface area (Å²) in [6.07, 6.45) is 0.451. The largest absolute Gasteiger partial charge is 0.330 e. The Morgan fingerprint density at radius 3 is 2.81 bits per heavy atom. The van der Waals surface area contributed by atoms with E-state index in [-0.39, 0.29) is 11.9 Å². The van der Waals surface area contributed by atoms with Crippen LogP contribution in [0.15, 0.2) is 34.4 Å². The van der Waals surface area contributed by atoms with Gasteiger partial charge in [-0.05, 0) is 43.3 Å². The second kappa shape index (κ2) is 7.85. The van der Waals surface area contributed by atoms with Crippen LogP contribution in [0, 0.1) is 11.2 Å². The van der Waals surface area contributed by atoms with Crippen LogP contribution in [0.5, 0.6) is 0 Å². The lowest BCUT2D eigenvalue weighted by Gasteiger charge is -2.40. The van der Waals surface area contributed by atoms with E-state index >= 15 is 0 Å². The van der Waals surface area contributed by atoms with Gasteiger partial charge in [0.25, 0.3) is 0 Å². The topological polar surface area (TPSA) is 107 Å². The van der Waals surface area contributed by atoms with Gasteiger partial charge in [0.05, 0.1) is 18.1 Å². The molecule has 1 heterocycles. The van der Waals surface area contributed by atoms with E-state index in [4.69, 9.17) is 11.3 Å². The zero-order chi connectivity index (χ0) is 19.5. The molecule has 4 atom stereocenters. The number of carbonyl (C=O) groups is 1. The first-order valence-electron chi connectivity index (χ1n) is 8.53. The summed E-state index contributed by atoms with van der Waals surface area (Å²) >= 11 is 0. The van der Waals surface area contributed by atoms with E-state index in [1.165, 1.54) is 12.1 Å². The summed E-state index contributed by atoms with van der Waals surface area (Å²) in [6.45, 7) is 9.56. The number of benzene rings is 1. The second-order valence-electron chi connectivity index (χ2n) is 7.43. The van der Waals surface area contributed by atoms with E-state index in [0.29, 0.717) is 18.5 Å². The van der Waals surface area contributed by atoms with Crippen molar-refractivity contribution in [3.63, 3.8) is 0 Å². The van der Waals surface area contributed by atoms with E-state index in [1.807, 2.05) is 13.8 Å². The third-order valence-corrected chi connectivity index (χ3v) is 4.92. The third-order valence-electron chi connectivity index (χ3n) is 4.92. The van der Waals surface area contributed by atoms with E-state index in [2.05, 4.69) is 21.7 Å². The summed E-state index contributed by atoms with van der Waals surface area (Å²) in [5, 5.41) is 3.90. The van der Waals surface area contributed by atoms with Gasteiger partial charge in [-0.3, -0.25) is 4.79 Å². The summed E-state index contributed by atoms with van der Waals surface area (Å²) in [6, 6.07) is 3.93. The van der Waals surface area contributed by atoms with Gasteiger partial charge in [-0.1, -0.05) is 31.1 Å². The highest BCUT2D eigenvalue weighted by Crippen LogP contribution is 2.45. The fourth-order valence-corrected chi connectivity index (χ4v) is 3.72. The van der Waals surface area contributed by atoms with Crippen LogP contribution < -0.4 is 5.73 Å². The van der Waals surface area contributed by atoms with Gasteiger partial charge in [-0.2, -0.15) is 0 Å². The number of carbonyl (C=O) groups excluding carboxylic acids is 1. The SMILES string of the molecule is C=NCC(C)(C)[C@H]1C[C@H](N=[N+]=[N-])[C@@H](c2cccc(F)c2)N1C(=O)[C@@H](C)N. The van der Waals surface area contributed by atoms with Crippen molar-refractivity contribution in [3.05, 3.63) is 46.1 Å². The van der Waals surface area contributed by atoms with Gasteiger partial charge >= 0.3 is 0 Å². The van der Waals surface area contributed by atoms with Gasteiger partial charge in [-0.25, -0.2) is 4.39 Å². The van der Waals surface area contributed by atoms with Crippen LogP contribution in [0.1, 0.15) is 38.8 Å². The van der Waals surface area contributed by atoms with Crippen molar-refractivity contribution in [3.8, 4) is 0 Å². The average Bonchev–Trinajstić information content (AvgIpc) is 2.94. The number of hydrogen-bond donors (Lipinski definition) is 1. The Balaban J connectivity index is 2.60. The molecule has 1 fully saturated rings. The Morgan fingerprint density at radius 1 is 1.58 bits per heavy atom. The summed E-state index contributed by atoms with van der Waals surface area (Å²) in [4.78, 5) is 21.5. The number of azide groups is 1.